The number of amides is 1. The number of carboxylic acid groups (broad SMARTS) is 2. The van der Waals surface area contributed by atoms with E-state index < -0.39 is 35.4 Å². The Balaban J connectivity index is 2.21. The Morgan fingerprint density at radius 3 is 2.48 bits per heavy atom. The van der Waals surface area contributed by atoms with Crippen LogP contribution in [0.1, 0.15) is 23.2 Å². The van der Waals surface area contributed by atoms with Gasteiger partial charge in [0.25, 0.3) is 0 Å². The Hall–Kier alpha value is -2.54. The maximum Gasteiger partial charge on any atom is 0.339 e. The predicted molar refractivity (Wildman–Crippen MR) is 81.5 cm³/mol. The number of carbonyl (C=O) groups excluding carboxylic acids is 1. The van der Waals surface area contributed by atoms with Crippen LogP contribution in [0, 0.1) is 11.8 Å². The number of benzene rings is 1. The third-order valence-corrected chi connectivity index (χ3v) is 3.95. The number of allylic oxidation sites excluding steroid dienone is 2. The van der Waals surface area contributed by atoms with E-state index >= 15 is 0 Å². The lowest BCUT2D eigenvalue weighted by Crippen LogP contribution is -2.35. The minimum atomic E-state index is -1.34. The molecule has 23 heavy (non-hydrogen) atoms. The van der Waals surface area contributed by atoms with Crippen molar-refractivity contribution >= 4 is 35.1 Å². The molecule has 1 aromatic carbocycles. The van der Waals surface area contributed by atoms with E-state index in [-0.39, 0.29) is 24.1 Å². The number of hydrogen-bond acceptors (Lipinski definition) is 4. The van der Waals surface area contributed by atoms with Gasteiger partial charge in [-0.05, 0) is 31.0 Å². The maximum absolute atomic E-state index is 12.3. The first-order valence-corrected chi connectivity index (χ1v) is 7.12. The van der Waals surface area contributed by atoms with Crippen molar-refractivity contribution in [1.82, 2.24) is 0 Å². The number of carboxylic acids is 2. The number of phenols is 1. The summed E-state index contributed by atoms with van der Waals surface area (Å²) in [5.74, 6) is -5.18. The molecule has 0 saturated carbocycles. The maximum atomic E-state index is 12.3. The normalized spacial score (nSPS) is 20.5. The minimum Gasteiger partial charge on any atom is -0.507 e. The Morgan fingerprint density at radius 2 is 1.87 bits per heavy atom. The average Bonchev–Trinajstić information content (AvgIpc) is 2.48. The monoisotopic (exact) mass is 339 g/mol. The zero-order valence-corrected chi connectivity index (χ0v) is 12.6. The van der Waals surface area contributed by atoms with Gasteiger partial charge in [-0.25, -0.2) is 4.79 Å². The van der Waals surface area contributed by atoms with Gasteiger partial charge < -0.3 is 20.6 Å². The van der Waals surface area contributed by atoms with E-state index in [1.54, 1.807) is 6.08 Å². The van der Waals surface area contributed by atoms with Gasteiger partial charge in [-0.1, -0.05) is 17.7 Å². The Bertz CT molecular complexity index is 699. The molecule has 8 heteroatoms. The first-order valence-electron chi connectivity index (χ1n) is 6.74. The first-order chi connectivity index (χ1) is 10.8. The van der Waals surface area contributed by atoms with E-state index in [2.05, 4.69) is 5.32 Å². The number of aromatic carboxylic acids is 1. The number of anilines is 1. The Labute approximate surface area is 136 Å². The molecule has 0 spiro atoms. The summed E-state index contributed by atoms with van der Waals surface area (Å²) < 4.78 is 0. The summed E-state index contributed by atoms with van der Waals surface area (Å²) >= 11 is 5.89. The number of rotatable bonds is 4. The molecule has 0 aliphatic heterocycles. The molecule has 2 atom stereocenters. The van der Waals surface area contributed by atoms with Crippen LogP contribution >= 0.6 is 11.6 Å². The molecule has 1 amide bonds. The topological polar surface area (TPSA) is 124 Å². The summed E-state index contributed by atoms with van der Waals surface area (Å²) in [4.78, 5) is 34.5. The van der Waals surface area contributed by atoms with E-state index in [0.717, 1.165) is 12.1 Å². The lowest BCUT2D eigenvalue weighted by atomic mass is 9.82. The van der Waals surface area contributed by atoms with Crippen LogP contribution in [0.2, 0.25) is 0 Å². The van der Waals surface area contributed by atoms with Crippen LogP contribution in [-0.2, 0) is 9.59 Å². The summed E-state index contributed by atoms with van der Waals surface area (Å²) in [6.45, 7) is 0. The molecule has 7 nitrogen and oxygen atoms in total. The fourth-order valence-electron chi connectivity index (χ4n) is 2.42. The molecule has 122 valence electrons. The van der Waals surface area contributed by atoms with Gasteiger partial charge in [0.05, 0.1) is 11.8 Å². The third kappa shape index (κ3) is 3.81. The van der Waals surface area contributed by atoms with Gasteiger partial charge in [-0.2, -0.15) is 0 Å². The molecule has 1 aromatic rings. The highest BCUT2D eigenvalue weighted by molar-refractivity contribution is 6.29. The highest BCUT2D eigenvalue weighted by Gasteiger charge is 2.36. The fraction of sp³-hybridized carbons (Fsp3) is 0.267. The molecule has 1 aliphatic carbocycles. The molecule has 0 heterocycles. The molecular formula is C15H14ClNO6. The van der Waals surface area contributed by atoms with Gasteiger partial charge in [0.2, 0.25) is 5.91 Å². The van der Waals surface area contributed by atoms with Crippen molar-refractivity contribution in [3.05, 3.63) is 34.9 Å². The molecule has 0 fully saturated rings. The van der Waals surface area contributed by atoms with Crippen molar-refractivity contribution in [2.45, 2.75) is 12.8 Å². The lowest BCUT2D eigenvalue weighted by Gasteiger charge is -2.25. The van der Waals surface area contributed by atoms with E-state index in [1.807, 2.05) is 0 Å². The van der Waals surface area contributed by atoms with Crippen molar-refractivity contribution < 1.29 is 29.7 Å². The van der Waals surface area contributed by atoms with E-state index in [1.165, 1.54) is 6.07 Å². The Kier molecular flexibility index (Phi) is 4.90. The number of nitrogens with one attached hydrogen (secondary N) is 1. The number of halogens is 1. The van der Waals surface area contributed by atoms with Crippen LogP contribution in [0.15, 0.2) is 29.3 Å². The standard InChI is InChI=1S/C15H14ClNO6/c16-7-1-3-9(14(20)21)10(5-7)13(19)17-8-2-4-12(18)11(6-8)15(22)23/h1-2,4,6,9-10,18H,3,5H2,(H,17,19)(H,20,21)(H,22,23)/t9-,10+/m1/s1. The Morgan fingerprint density at radius 1 is 1.17 bits per heavy atom. The van der Waals surface area contributed by atoms with Gasteiger partial charge in [-0.15, -0.1) is 0 Å². The number of carbonyl (C=O) groups is 3. The minimum absolute atomic E-state index is 0.105. The lowest BCUT2D eigenvalue weighted by molar-refractivity contribution is -0.146. The number of aromatic hydroxyl groups is 1. The molecular weight excluding hydrogens is 326 g/mol. The van der Waals surface area contributed by atoms with E-state index in [9.17, 15) is 24.6 Å². The average molecular weight is 340 g/mol. The second-order valence-electron chi connectivity index (χ2n) is 5.17. The second-order valence-corrected chi connectivity index (χ2v) is 5.65. The first kappa shape index (κ1) is 16.8. The number of hydrogen-bond donors (Lipinski definition) is 4. The largest absolute Gasteiger partial charge is 0.507 e. The summed E-state index contributed by atoms with van der Waals surface area (Å²) in [6, 6.07) is 3.57. The third-order valence-electron chi connectivity index (χ3n) is 3.64. The molecule has 4 N–H and O–H groups in total. The van der Waals surface area contributed by atoms with Crippen LogP contribution in [0.5, 0.6) is 5.75 Å². The van der Waals surface area contributed by atoms with Crippen LogP contribution < -0.4 is 5.32 Å². The molecule has 0 radical (unpaired) electrons. The summed E-state index contributed by atoms with van der Waals surface area (Å²) in [6.07, 6.45) is 1.84. The van der Waals surface area contributed by atoms with Gasteiger partial charge in [0.15, 0.2) is 0 Å². The molecule has 0 saturated heterocycles. The van der Waals surface area contributed by atoms with Crippen molar-refractivity contribution in [3.8, 4) is 5.75 Å². The van der Waals surface area contributed by atoms with Crippen molar-refractivity contribution in [2.24, 2.45) is 11.8 Å². The second kappa shape index (κ2) is 6.70. The molecule has 2 rings (SSSR count). The van der Waals surface area contributed by atoms with Crippen LogP contribution in [0.25, 0.3) is 0 Å². The quantitative estimate of drug-likeness (QED) is 0.624. The summed E-state index contributed by atoms with van der Waals surface area (Å²) in [5, 5.41) is 30.5. The van der Waals surface area contributed by atoms with Gasteiger partial charge in [0, 0.05) is 10.7 Å². The van der Waals surface area contributed by atoms with Gasteiger partial charge in [-0.3, -0.25) is 9.59 Å². The van der Waals surface area contributed by atoms with Crippen molar-refractivity contribution in [2.75, 3.05) is 5.32 Å². The van der Waals surface area contributed by atoms with E-state index in [0.29, 0.717) is 5.03 Å². The zero-order chi connectivity index (χ0) is 17.1. The number of aliphatic carboxylic acids is 1. The van der Waals surface area contributed by atoms with Gasteiger partial charge >= 0.3 is 11.9 Å². The van der Waals surface area contributed by atoms with Crippen molar-refractivity contribution in [1.29, 1.82) is 0 Å². The molecule has 0 unspecified atom stereocenters. The molecule has 0 bridgehead atoms. The van der Waals surface area contributed by atoms with Crippen LogP contribution in [0.4, 0.5) is 5.69 Å². The zero-order valence-electron chi connectivity index (χ0n) is 11.8. The highest BCUT2D eigenvalue weighted by atomic mass is 35.5. The molecule has 1 aliphatic rings. The predicted octanol–water partition coefficient (Wildman–Crippen LogP) is 2.26. The van der Waals surface area contributed by atoms with E-state index in [4.69, 9.17) is 16.7 Å². The van der Waals surface area contributed by atoms with Crippen LogP contribution in [-0.4, -0.2) is 33.2 Å². The van der Waals surface area contributed by atoms with Gasteiger partial charge in [0.1, 0.15) is 11.3 Å². The summed E-state index contributed by atoms with van der Waals surface area (Å²) in [5.41, 5.74) is -0.209. The fourth-order valence-corrected chi connectivity index (χ4v) is 2.68. The van der Waals surface area contributed by atoms with Crippen LogP contribution in [0.3, 0.4) is 0 Å². The highest BCUT2D eigenvalue weighted by Crippen LogP contribution is 2.33. The smallest absolute Gasteiger partial charge is 0.339 e. The van der Waals surface area contributed by atoms with Crippen molar-refractivity contribution in [3.63, 3.8) is 0 Å². The summed E-state index contributed by atoms with van der Waals surface area (Å²) in [7, 11) is 0. The SMILES string of the molecule is O=C(O)c1cc(NC(=O)[C@H]2CC(Cl)=CC[C@H]2C(=O)O)ccc1O. The molecule has 0 aromatic heterocycles.